The molecule has 0 aliphatic carbocycles. The van der Waals surface area contributed by atoms with E-state index in [9.17, 15) is 9.36 Å². The number of rotatable bonds is 16. The maximum atomic E-state index is 14.3. The van der Waals surface area contributed by atoms with Crippen LogP contribution >= 0.6 is 7.52 Å². The molecule has 1 aromatic carbocycles. The third kappa shape index (κ3) is 9.02. The molecule has 5 nitrogen and oxygen atoms in total. The molecule has 0 spiro atoms. The molecular weight excluding hydrogens is 622 g/mol. The van der Waals surface area contributed by atoms with Crippen LogP contribution in [0.15, 0.2) is 42.2 Å². The molecule has 2 aliphatic rings. The zero-order chi connectivity index (χ0) is 29.2. The second kappa shape index (κ2) is 16.4. The Bertz CT molecular complexity index is 963. The summed E-state index contributed by atoms with van der Waals surface area (Å²) in [6.45, 7) is 14.2. The van der Waals surface area contributed by atoms with Crippen LogP contribution in [0.4, 0.5) is 0 Å². The van der Waals surface area contributed by atoms with E-state index in [0.29, 0.717) is 18.6 Å². The number of piperidine rings is 1. The van der Waals surface area contributed by atoms with E-state index >= 15 is 0 Å². The van der Waals surface area contributed by atoms with Crippen LogP contribution in [0.25, 0.3) is 0 Å². The van der Waals surface area contributed by atoms with Crippen LogP contribution in [0.3, 0.4) is 0 Å². The maximum absolute atomic E-state index is 14.3. The fourth-order valence-electron chi connectivity index (χ4n) is 7.02. The second-order valence-electron chi connectivity index (χ2n) is 12.8. The first kappa shape index (κ1) is 34.0. The van der Waals surface area contributed by atoms with E-state index in [1.54, 1.807) is 0 Å². The number of carbonyl (C=O) groups is 1. The fourth-order valence-corrected chi connectivity index (χ4v) is 26.2. The van der Waals surface area contributed by atoms with Crippen molar-refractivity contribution in [2.75, 3.05) is 11.1 Å². The Hall–Kier alpha value is -0.461. The molecule has 0 N–H and O–H groups in total. The van der Waals surface area contributed by atoms with Gasteiger partial charge in [0.05, 0.1) is 0 Å². The zero-order valence-corrected chi connectivity index (χ0v) is 30.1. The van der Waals surface area contributed by atoms with Crippen LogP contribution in [0, 0.1) is 0 Å². The summed E-state index contributed by atoms with van der Waals surface area (Å²) in [7, 11) is -3.14. The minimum absolute atomic E-state index is 0.0241. The molecule has 0 aromatic heterocycles. The molecule has 2 saturated heterocycles. The SMILES string of the molecule is CCC[CH2][Sn]([CH2]CCC)([CH2]CCC)[CH2]N1CCC(=O)C[C@@H]1C/C=C/[P@]1(=O)O[C@H](c2ccccc2)C(C)N1C(C)C. The van der Waals surface area contributed by atoms with Gasteiger partial charge in [0.15, 0.2) is 0 Å². The summed E-state index contributed by atoms with van der Waals surface area (Å²) >= 11 is -2.39. The first-order valence-electron chi connectivity index (χ1n) is 16.2. The van der Waals surface area contributed by atoms with E-state index < -0.39 is 25.9 Å². The minimum atomic E-state index is -3.14. The zero-order valence-electron chi connectivity index (χ0n) is 26.3. The van der Waals surface area contributed by atoms with Gasteiger partial charge in [-0.3, -0.25) is 0 Å². The Labute approximate surface area is 249 Å². The van der Waals surface area contributed by atoms with Crippen LogP contribution in [0.2, 0.25) is 13.3 Å². The van der Waals surface area contributed by atoms with Gasteiger partial charge in [0, 0.05) is 0 Å². The monoisotopic (exact) mass is 680 g/mol. The molecule has 0 saturated carbocycles. The quantitative estimate of drug-likeness (QED) is 0.129. The van der Waals surface area contributed by atoms with Crippen molar-refractivity contribution in [3.63, 3.8) is 0 Å². The van der Waals surface area contributed by atoms with Crippen LogP contribution in [-0.4, -0.2) is 63.0 Å². The summed E-state index contributed by atoms with van der Waals surface area (Å²) in [5.41, 5.74) is 1.07. The molecule has 3 rings (SSSR count). The van der Waals surface area contributed by atoms with Gasteiger partial charge in [0.25, 0.3) is 0 Å². The summed E-state index contributed by atoms with van der Waals surface area (Å²) in [6.07, 6.45) is 11.9. The van der Waals surface area contributed by atoms with Crippen molar-refractivity contribution in [3.05, 3.63) is 47.8 Å². The average Bonchev–Trinajstić information content (AvgIpc) is 3.21. The summed E-state index contributed by atoms with van der Waals surface area (Å²) in [6, 6.07) is 10.5. The van der Waals surface area contributed by atoms with E-state index in [1.807, 2.05) is 24.0 Å². The Morgan fingerprint density at radius 3 is 2.17 bits per heavy atom. The summed E-state index contributed by atoms with van der Waals surface area (Å²) in [4.78, 5) is 15.4. The molecule has 0 bridgehead atoms. The van der Waals surface area contributed by atoms with Crippen molar-refractivity contribution in [2.45, 2.75) is 137 Å². The third-order valence-corrected chi connectivity index (χ3v) is 26.9. The van der Waals surface area contributed by atoms with Crippen molar-refractivity contribution in [1.29, 1.82) is 0 Å². The Kier molecular flexibility index (Phi) is 14.0. The molecule has 4 atom stereocenters. The molecule has 7 heteroatoms. The van der Waals surface area contributed by atoms with Crippen molar-refractivity contribution >= 4 is 31.7 Å². The molecule has 40 heavy (non-hydrogen) atoms. The summed E-state index contributed by atoms with van der Waals surface area (Å²) in [5, 5.41) is 0. The Morgan fingerprint density at radius 1 is 1.02 bits per heavy atom. The van der Waals surface area contributed by atoms with Crippen LogP contribution < -0.4 is 0 Å². The van der Waals surface area contributed by atoms with Gasteiger partial charge in [-0.05, 0) is 0 Å². The van der Waals surface area contributed by atoms with Crippen molar-refractivity contribution in [1.82, 2.24) is 9.57 Å². The molecule has 1 unspecified atom stereocenters. The van der Waals surface area contributed by atoms with Crippen LogP contribution in [0.1, 0.15) is 111 Å². The van der Waals surface area contributed by atoms with Gasteiger partial charge < -0.3 is 0 Å². The van der Waals surface area contributed by atoms with Gasteiger partial charge in [0.1, 0.15) is 0 Å². The molecule has 0 amide bonds. The van der Waals surface area contributed by atoms with E-state index in [-0.39, 0.29) is 24.2 Å². The van der Waals surface area contributed by atoms with E-state index in [0.717, 1.165) is 18.5 Å². The van der Waals surface area contributed by atoms with Crippen LogP contribution in [-0.2, 0) is 13.9 Å². The average molecular weight is 680 g/mol. The van der Waals surface area contributed by atoms with Crippen molar-refractivity contribution in [3.8, 4) is 0 Å². The van der Waals surface area contributed by atoms with Crippen LogP contribution in [0.5, 0.6) is 0 Å². The molecule has 2 heterocycles. The topological polar surface area (TPSA) is 49.9 Å². The van der Waals surface area contributed by atoms with Gasteiger partial charge in [-0.15, -0.1) is 0 Å². The number of benzene rings is 1. The number of hydrogen-bond acceptors (Lipinski definition) is 4. The number of ketones is 1. The fraction of sp³-hybridized carbons (Fsp3) is 0.727. The van der Waals surface area contributed by atoms with Gasteiger partial charge in [-0.25, -0.2) is 0 Å². The van der Waals surface area contributed by atoms with Gasteiger partial charge in [0.2, 0.25) is 0 Å². The molecular formula is C33H57N2O3PSn. The number of likely N-dealkylation sites (tertiary alicyclic amines) is 1. The third-order valence-electron chi connectivity index (χ3n) is 9.18. The first-order valence-corrected chi connectivity index (χ1v) is 26.0. The number of hydrogen-bond donors (Lipinski definition) is 0. The Balaban J connectivity index is 1.79. The van der Waals surface area contributed by atoms with Gasteiger partial charge >= 0.3 is 245 Å². The Morgan fingerprint density at radius 2 is 1.62 bits per heavy atom. The number of carbonyl (C=O) groups excluding carboxylic acids is 1. The summed E-state index contributed by atoms with van der Waals surface area (Å²) < 4.78 is 28.5. The van der Waals surface area contributed by atoms with Crippen molar-refractivity contribution in [2.24, 2.45) is 0 Å². The van der Waals surface area contributed by atoms with Gasteiger partial charge in [-0.1, -0.05) is 6.07 Å². The number of unbranched alkanes of at least 4 members (excludes halogenated alkanes) is 3. The summed E-state index contributed by atoms with van der Waals surface area (Å²) in [5.74, 6) is 2.25. The second-order valence-corrected chi connectivity index (χ2v) is 28.6. The van der Waals surface area contributed by atoms with E-state index in [1.165, 1.54) is 56.4 Å². The standard InChI is InChI=1S/C21H30N2O3P.3C4H9.Sn/c1-16(2)23-17(3)21(18-9-6-5-7-10-18)26-27(23,25)14-8-11-19-15-20(24)12-13-22(19)4;3*1-3-4-2;/h5-10,14,16-17,19,21H,4,11-13,15H2,1-3H3;3*1,3-4H2,2H3;/b14-8+;;;;/t17?,19-,21-,27-;;;;/m0..../s1. The van der Waals surface area contributed by atoms with Gasteiger partial charge in [-0.2, -0.15) is 0 Å². The predicted octanol–water partition coefficient (Wildman–Crippen LogP) is 9.38. The van der Waals surface area contributed by atoms with E-state index in [2.05, 4.69) is 69.3 Å². The first-order chi connectivity index (χ1) is 19.2. The molecule has 2 aliphatic heterocycles. The normalized spacial score (nSPS) is 26.9. The van der Waals surface area contributed by atoms with Crippen molar-refractivity contribution < 1.29 is 13.9 Å². The molecule has 1 aromatic rings. The predicted molar refractivity (Wildman–Crippen MR) is 173 cm³/mol. The number of Topliss-reactive ketones (excluding diaryl/α,β-unsaturated/α-hetero) is 1. The molecule has 0 radical (unpaired) electrons. The van der Waals surface area contributed by atoms with E-state index in [4.69, 9.17) is 4.52 Å². The molecule has 226 valence electrons. The molecule has 2 fully saturated rings. The number of nitrogens with zero attached hydrogens (tertiary/aromatic N) is 2.